The molecule has 2 aromatic rings. The minimum atomic E-state index is 0.703. The molecule has 0 aromatic heterocycles. The number of nitrogens with one attached hydrogen (secondary N) is 1. The number of benzene rings is 2. The Kier molecular flexibility index (Phi) is 4.56. The third-order valence-corrected chi connectivity index (χ3v) is 3.92. The Balaban J connectivity index is 1.42. The molecule has 1 aliphatic carbocycles. The van der Waals surface area contributed by atoms with Crippen molar-refractivity contribution in [2.75, 3.05) is 13.2 Å². The van der Waals surface area contributed by atoms with E-state index in [-0.39, 0.29) is 0 Å². The molecule has 2 heteroatoms. The normalized spacial score (nSPS) is 14.1. The Morgan fingerprint density at radius 1 is 1.10 bits per heavy atom. The summed E-state index contributed by atoms with van der Waals surface area (Å²) in [6.07, 6.45) is 2.71. The Morgan fingerprint density at radius 3 is 2.76 bits per heavy atom. The molecule has 1 N–H and O–H groups in total. The predicted octanol–water partition coefficient (Wildman–Crippen LogP) is 4.04. The summed E-state index contributed by atoms with van der Waals surface area (Å²) in [5, 5.41) is 3.48. The zero-order chi connectivity index (χ0) is 14.5. The smallest absolute Gasteiger partial charge is 0.119 e. The van der Waals surface area contributed by atoms with Gasteiger partial charge in [-0.3, -0.25) is 0 Å². The summed E-state index contributed by atoms with van der Waals surface area (Å²) in [4.78, 5) is 0. The topological polar surface area (TPSA) is 21.3 Å². The Bertz CT molecular complexity index is 590. The first-order chi connectivity index (χ1) is 10.3. The monoisotopic (exact) mass is 281 g/mol. The van der Waals surface area contributed by atoms with E-state index in [1.807, 2.05) is 12.1 Å². The molecule has 0 amide bonds. The van der Waals surface area contributed by atoms with Gasteiger partial charge in [0.1, 0.15) is 12.4 Å². The van der Waals surface area contributed by atoms with Gasteiger partial charge >= 0.3 is 0 Å². The minimum absolute atomic E-state index is 0.703. The van der Waals surface area contributed by atoms with Crippen molar-refractivity contribution in [2.24, 2.45) is 0 Å². The first-order valence-corrected chi connectivity index (χ1v) is 7.81. The molecule has 110 valence electrons. The maximum absolute atomic E-state index is 5.75. The van der Waals surface area contributed by atoms with Crippen LogP contribution in [0.15, 0.2) is 48.5 Å². The van der Waals surface area contributed by atoms with Crippen molar-refractivity contribution in [1.82, 2.24) is 5.32 Å². The maximum atomic E-state index is 5.75. The van der Waals surface area contributed by atoms with E-state index in [0.29, 0.717) is 6.61 Å². The van der Waals surface area contributed by atoms with E-state index in [0.717, 1.165) is 24.8 Å². The highest BCUT2D eigenvalue weighted by atomic mass is 16.5. The molecule has 0 unspecified atom stereocenters. The van der Waals surface area contributed by atoms with Crippen molar-refractivity contribution in [3.63, 3.8) is 0 Å². The van der Waals surface area contributed by atoms with Crippen LogP contribution in [0.5, 0.6) is 5.75 Å². The molecule has 0 aliphatic heterocycles. The number of hydrogen-bond acceptors (Lipinski definition) is 2. The summed E-state index contributed by atoms with van der Waals surface area (Å²) in [6.45, 7) is 4.59. The van der Waals surface area contributed by atoms with Gasteiger partial charge in [-0.25, -0.2) is 0 Å². The van der Waals surface area contributed by atoms with Crippen LogP contribution in [-0.4, -0.2) is 13.2 Å². The molecule has 0 heterocycles. The van der Waals surface area contributed by atoms with Crippen molar-refractivity contribution in [1.29, 1.82) is 0 Å². The number of ether oxygens (including phenoxy) is 1. The van der Waals surface area contributed by atoms with E-state index in [1.54, 1.807) is 0 Å². The minimum Gasteiger partial charge on any atom is -0.492 e. The molecule has 0 bridgehead atoms. The molecule has 0 atom stereocenters. The third kappa shape index (κ3) is 4.08. The Morgan fingerprint density at radius 2 is 1.95 bits per heavy atom. The first-order valence-electron chi connectivity index (χ1n) is 7.81. The van der Waals surface area contributed by atoms with Gasteiger partial charge < -0.3 is 10.1 Å². The van der Waals surface area contributed by atoms with Crippen LogP contribution in [0.25, 0.3) is 0 Å². The van der Waals surface area contributed by atoms with Crippen molar-refractivity contribution >= 4 is 0 Å². The molecule has 2 aromatic carbocycles. The van der Waals surface area contributed by atoms with Gasteiger partial charge in [-0.2, -0.15) is 0 Å². The lowest BCUT2D eigenvalue weighted by Gasteiger charge is -2.11. The fraction of sp³-hybridized carbons (Fsp3) is 0.368. The van der Waals surface area contributed by atoms with Crippen LogP contribution in [-0.2, 0) is 6.54 Å². The van der Waals surface area contributed by atoms with Gasteiger partial charge in [0.05, 0.1) is 0 Å². The van der Waals surface area contributed by atoms with Gasteiger partial charge in [0.15, 0.2) is 0 Å². The SMILES string of the molecule is Cc1cccc(OCCNCc2ccccc2C2CC2)c1. The quantitative estimate of drug-likeness (QED) is 0.773. The maximum Gasteiger partial charge on any atom is 0.119 e. The van der Waals surface area contributed by atoms with Crippen LogP contribution in [0.1, 0.15) is 35.4 Å². The zero-order valence-corrected chi connectivity index (χ0v) is 12.6. The van der Waals surface area contributed by atoms with Crippen molar-refractivity contribution in [3.8, 4) is 5.75 Å². The van der Waals surface area contributed by atoms with Crippen molar-refractivity contribution in [2.45, 2.75) is 32.2 Å². The summed E-state index contributed by atoms with van der Waals surface area (Å²) < 4.78 is 5.75. The zero-order valence-electron chi connectivity index (χ0n) is 12.6. The van der Waals surface area contributed by atoms with Crippen LogP contribution < -0.4 is 10.1 Å². The van der Waals surface area contributed by atoms with Gasteiger partial charge in [0.2, 0.25) is 0 Å². The molecule has 21 heavy (non-hydrogen) atoms. The molecule has 0 radical (unpaired) electrons. The van der Waals surface area contributed by atoms with Crippen LogP contribution >= 0.6 is 0 Å². The molecule has 0 spiro atoms. The Labute approximate surface area is 127 Å². The van der Waals surface area contributed by atoms with Gasteiger partial charge in [-0.05, 0) is 54.5 Å². The molecule has 1 saturated carbocycles. The highest BCUT2D eigenvalue weighted by Crippen LogP contribution is 2.41. The molecule has 1 aliphatic rings. The first kappa shape index (κ1) is 14.2. The highest BCUT2D eigenvalue weighted by molar-refractivity contribution is 5.33. The summed E-state index contributed by atoms with van der Waals surface area (Å²) in [5.41, 5.74) is 4.21. The summed E-state index contributed by atoms with van der Waals surface area (Å²) in [5.74, 6) is 1.77. The summed E-state index contributed by atoms with van der Waals surface area (Å²) >= 11 is 0. The fourth-order valence-corrected chi connectivity index (χ4v) is 2.66. The van der Waals surface area contributed by atoms with E-state index >= 15 is 0 Å². The number of hydrogen-bond donors (Lipinski definition) is 1. The van der Waals surface area contributed by atoms with E-state index in [9.17, 15) is 0 Å². The molecular weight excluding hydrogens is 258 g/mol. The van der Waals surface area contributed by atoms with Gasteiger partial charge in [0, 0.05) is 13.1 Å². The average molecular weight is 281 g/mol. The second-order valence-corrected chi connectivity index (χ2v) is 5.81. The number of rotatable bonds is 7. The Hall–Kier alpha value is -1.80. The largest absolute Gasteiger partial charge is 0.492 e. The molecular formula is C19H23NO. The standard InChI is InChI=1S/C19H23NO/c1-15-5-4-7-18(13-15)21-12-11-20-14-17-6-2-3-8-19(17)16-9-10-16/h2-8,13,16,20H,9-12,14H2,1H3. The third-order valence-electron chi connectivity index (χ3n) is 3.92. The molecule has 2 nitrogen and oxygen atoms in total. The number of aryl methyl sites for hydroxylation is 1. The van der Waals surface area contributed by atoms with E-state index in [1.165, 1.54) is 29.5 Å². The van der Waals surface area contributed by atoms with Crippen LogP contribution in [0, 0.1) is 6.92 Å². The van der Waals surface area contributed by atoms with Gasteiger partial charge in [0.25, 0.3) is 0 Å². The van der Waals surface area contributed by atoms with Crippen LogP contribution in [0.2, 0.25) is 0 Å². The van der Waals surface area contributed by atoms with Crippen molar-refractivity contribution < 1.29 is 4.74 Å². The predicted molar refractivity (Wildman–Crippen MR) is 86.8 cm³/mol. The van der Waals surface area contributed by atoms with E-state index in [2.05, 4.69) is 48.6 Å². The van der Waals surface area contributed by atoms with E-state index in [4.69, 9.17) is 4.74 Å². The molecule has 1 fully saturated rings. The molecule has 0 saturated heterocycles. The second-order valence-electron chi connectivity index (χ2n) is 5.81. The lowest BCUT2D eigenvalue weighted by Crippen LogP contribution is -2.21. The van der Waals surface area contributed by atoms with Crippen LogP contribution in [0.4, 0.5) is 0 Å². The van der Waals surface area contributed by atoms with Gasteiger partial charge in [-0.1, -0.05) is 36.4 Å². The summed E-state index contributed by atoms with van der Waals surface area (Å²) in [7, 11) is 0. The summed E-state index contributed by atoms with van der Waals surface area (Å²) in [6, 6.07) is 17.0. The van der Waals surface area contributed by atoms with Crippen molar-refractivity contribution in [3.05, 3.63) is 65.2 Å². The second kappa shape index (κ2) is 6.77. The average Bonchev–Trinajstić information content (AvgIpc) is 3.32. The lowest BCUT2D eigenvalue weighted by molar-refractivity contribution is 0.313. The highest BCUT2D eigenvalue weighted by Gasteiger charge is 2.25. The van der Waals surface area contributed by atoms with Gasteiger partial charge in [-0.15, -0.1) is 0 Å². The fourth-order valence-electron chi connectivity index (χ4n) is 2.66. The van der Waals surface area contributed by atoms with E-state index < -0.39 is 0 Å². The molecule has 3 rings (SSSR count). The van der Waals surface area contributed by atoms with Crippen LogP contribution in [0.3, 0.4) is 0 Å². The lowest BCUT2D eigenvalue weighted by atomic mass is 10.0.